The van der Waals surface area contributed by atoms with Crippen molar-refractivity contribution in [3.8, 4) is 12.3 Å². The minimum atomic E-state index is 0.487. The first-order valence-corrected chi connectivity index (χ1v) is 9.07. The van der Waals surface area contributed by atoms with Gasteiger partial charge in [-0.25, -0.2) is 4.99 Å². The molecule has 1 aliphatic heterocycles. The topological polar surface area (TPSA) is 39.7 Å². The van der Waals surface area contributed by atoms with Crippen molar-refractivity contribution >= 4 is 5.96 Å². The second-order valence-electron chi connectivity index (χ2n) is 6.26. The van der Waals surface area contributed by atoms with Crippen molar-refractivity contribution in [3.63, 3.8) is 0 Å². The summed E-state index contributed by atoms with van der Waals surface area (Å²) in [5.41, 5.74) is 2.62. The lowest BCUT2D eigenvalue weighted by atomic mass is 10.1. The van der Waals surface area contributed by atoms with Crippen LogP contribution >= 0.6 is 0 Å². The van der Waals surface area contributed by atoms with Gasteiger partial charge in [0.05, 0.1) is 13.1 Å². The van der Waals surface area contributed by atoms with E-state index < -0.39 is 0 Å². The summed E-state index contributed by atoms with van der Waals surface area (Å²) in [7, 11) is 0. The Morgan fingerprint density at radius 3 is 2.62 bits per heavy atom. The van der Waals surface area contributed by atoms with E-state index in [1.807, 2.05) is 0 Å². The SMILES string of the molecule is C#CCNC(=NCc1cccc(CN2CCCCCC2)c1)NCC. The molecule has 1 aromatic rings. The zero-order valence-corrected chi connectivity index (χ0v) is 14.9. The number of aliphatic imine (C=N–C) groups is 1. The molecule has 4 nitrogen and oxygen atoms in total. The van der Waals surface area contributed by atoms with Crippen molar-refractivity contribution in [2.24, 2.45) is 4.99 Å². The number of hydrogen-bond donors (Lipinski definition) is 2. The van der Waals surface area contributed by atoms with Gasteiger partial charge in [-0.3, -0.25) is 4.90 Å². The Balaban J connectivity index is 1.94. The van der Waals surface area contributed by atoms with Crippen LogP contribution in [0.1, 0.15) is 43.7 Å². The molecule has 0 aliphatic carbocycles. The van der Waals surface area contributed by atoms with E-state index in [0.717, 1.165) is 19.0 Å². The summed E-state index contributed by atoms with van der Waals surface area (Å²) in [4.78, 5) is 7.19. The molecule has 0 amide bonds. The van der Waals surface area contributed by atoms with Crippen LogP contribution in [0.5, 0.6) is 0 Å². The van der Waals surface area contributed by atoms with Gasteiger partial charge >= 0.3 is 0 Å². The van der Waals surface area contributed by atoms with Crippen molar-refractivity contribution in [3.05, 3.63) is 35.4 Å². The van der Waals surface area contributed by atoms with Gasteiger partial charge in [0.2, 0.25) is 0 Å². The number of nitrogens with zero attached hydrogens (tertiary/aromatic N) is 2. The fourth-order valence-electron chi connectivity index (χ4n) is 3.03. The van der Waals surface area contributed by atoms with Crippen molar-refractivity contribution in [2.75, 3.05) is 26.2 Å². The molecule has 130 valence electrons. The van der Waals surface area contributed by atoms with Gasteiger partial charge in [0.25, 0.3) is 0 Å². The molecule has 0 bridgehead atoms. The smallest absolute Gasteiger partial charge is 0.192 e. The van der Waals surface area contributed by atoms with Crippen molar-refractivity contribution in [1.82, 2.24) is 15.5 Å². The average Bonchev–Trinajstić information content (AvgIpc) is 2.86. The number of guanidine groups is 1. The zero-order chi connectivity index (χ0) is 17.0. The third-order valence-corrected chi connectivity index (χ3v) is 4.22. The first kappa shape index (κ1) is 18.4. The highest BCUT2D eigenvalue weighted by atomic mass is 15.2. The third kappa shape index (κ3) is 6.64. The van der Waals surface area contributed by atoms with Crippen LogP contribution in [-0.4, -0.2) is 37.0 Å². The molecule has 1 aliphatic rings. The second-order valence-corrected chi connectivity index (χ2v) is 6.26. The van der Waals surface area contributed by atoms with E-state index in [1.54, 1.807) is 0 Å². The molecule has 4 heteroatoms. The van der Waals surface area contributed by atoms with Gasteiger partial charge in [0, 0.05) is 13.1 Å². The van der Waals surface area contributed by atoms with Gasteiger partial charge in [-0.15, -0.1) is 6.42 Å². The van der Waals surface area contributed by atoms with E-state index in [1.165, 1.54) is 49.9 Å². The van der Waals surface area contributed by atoms with Crippen LogP contribution in [0, 0.1) is 12.3 Å². The Labute approximate surface area is 146 Å². The predicted octanol–water partition coefficient (Wildman–Crippen LogP) is 2.75. The summed E-state index contributed by atoms with van der Waals surface area (Å²) in [6, 6.07) is 8.78. The van der Waals surface area contributed by atoms with Crippen LogP contribution in [0.2, 0.25) is 0 Å². The summed E-state index contributed by atoms with van der Waals surface area (Å²) < 4.78 is 0. The van der Waals surface area contributed by atoms with Crippen LogP contribution in [0.25, 0.3) is 0 Å². The van der Waals surface area contributed by atoms with E-state index >= 15 is 0 Å². The number of likely N-dealkylation sites (tertiary alicyclic amines) is 1. The lowest BCUT2D eigenvalue weighted by molar-refractivity contribution is 0.277. The number of nitrogens with one attached hydrogen (secondary N) is 2. The highest BCUT2D eigenvalue weighted by Crippen LogP contribution is 2.14. The van der Waals surface area contributed by atoms with Crippen molar-refractivity contribution < 1.29 is 0 Å². The predicted molar refractivity (Wildman–Crippen MR) is 102 cm³/mol. The van der Waals surface area contributed by atoms with Gasteiger partial charge in [0.1, 0.15) is 0 Å². The molecular formula is C20H30N4. The number of benzene rings is 1. The van der Waals surface area contributed by atoms with Crippen LogP contribution in [0.15, 0.2) is 29.3 Å². The van der Waals surface area contributed by atoms with Gasteiger partial charge in [-0.1, -0.05) is 43.0 Å². The third-order valence-electron chi connectivity index (χ3n) is 4.22. The summed E-state index contributed by atoms with van der Waals surface area (Å²) in [6.07, 6.45) is 10.7. The molecule has 0 radical (unpaired) electrons. The Hall–Kier alpha value is -1.99. The molecule has 0 aromatic heterocycles. The lowest BCUT2D eigenvalue weighted by Gasteiger charge is -2.20. The van der Waals surface area contributed by atoms with Crippen LogP contribution in [0.4, 0.5) is 0 Å². The Morgan fingerprint density at radius 2 is 1.92 bits per heavy atom. The first-order chi connectivity index (χ1) is 11.8. The molecule has 24 heavy (non-hydrogen) atoms. The van der Waals surface area contributed by atoms with Gasteiger partial charge < -0.3 is 10.6 Å². The number of hydrogen-bond acceptors (Lipinski definition) is 2. The second kappa shape index (κ2) is 10.7. The van der Waals surface area contributed by atoms with Crippen molar-refractivity contribution in [1.29, 1.82) is 0 Å². The van der Waals surface area contributed by atoms with Gasteiger partial charge in [-0.05, 0) is 44.0 Å². The van der Waals surface area contributed by atoms with Crippen molar-refractivity contribution in [2.45, 2.75) is 45.7 Å². The molecule has 1 heterocycles. The monoisotopic (exact) mass is 326 g/mol. The summed E-state index contributed by atoms with van der Waals surface area (Å²) in [6.45, 7) is 7.52. The lowest BCUT2D eigenvalue weighted by Crippen LogP contribution is -2.37. The molecule has 2 rings (SSSR count). The molecule has 0 spiro atoms. The Kier molecular flexibility index (Phi) is 8.20. The Bertz CT molecular complexity index is 551. The number of rotatable bonds is 6. The number of terminal acetylenes is 1. The molecule has 0 unspecified atom stereocenters. The van der Waals surface area contributed by atoms with E-state index in [-0.39, 0.29) is 0 Å². The maximum absolute atomic E-state index is 5.30. The molecule has 0 saturated carbocycles. The van der Waals surface area contributed by atoms with E-state index in [0.29, 0.717) is 13.1 Å². The van der Waals surface area contributed by atoms with Crippen LogP contribution in [0.3, 0.4) is 0 Å². The van der Waals surface area contributed by atoms with E-state index in [9.17, 15) is 0 Å². The molecular weight excluding hydrogens is 296 g/mol. The summed E-state index contributed by atoms with van der Waals surface area (Å²) in [5.74, 6) is 3.35. The molecule has 2 N–H and O–H groups in total. The zero-order valence-electron chi connectivity index (χ0n) is 14.9. The summed E-state index contributed by atoms with van der Waals surface area (Å²) >= 11 is 0. The first-order valence-electron chi connectivity index (χ1n) is 9.07. The molecule has 1 fully saturated rings. The maximum atomic E-state index is 5.30. The largest absolute Gasteiger partial charge is 0.357 e. The van der Waals surface area contributed by atoms with E-state index in [2.05, 4.69) is 57.6 Å². The molecule has 1 saturated heterocycles. The van der Waals surface area contributed by atoms with Crippen LogP contribution in [-0.2, 0) is 13.1 Å². The van der Waals surface area contributed by atoms with Gasteiger partial charge in [-0.2, -0.15) is 0 Å². The standard InChI is InChI=1S/C20H30N4/c1-3-12-22-20(21-4-2)23-16-18-10-9-11-19(15-18)17-24-13-7-5-6-8-14-24/h1,9-11,15H,4-8,12-14,16-17H2,2H3,(H2,21,22,23). The molecule has 1 aromatic carbocycles. The van der Waals surface area contributed by atoms with Gasteiger partial charge in [0.15, 0.2) is 5.96 Å². The highest BCUT2D eigenvalue weighted by Gasteiger charge is 2.09. The highest BCUT2D eigenvalue weighted by molar-refractivity contribution is 5.79. The minimum absolute atomic E-state index is 0.487. The minimum Gasteiger partial charge on any atom is -0.357 e. The quantitative estimate of drug-likeness (QED) is 0.480. The Morgan fingerprint density at radius 1 is 1.17 bits per heavy atom. The fourth-order valence-corrected chi connectivity index (χ4v) is 3.03. The van der Waals surface area contributed by atoms with Crippen LogP contribution < -0.4 is 10.6 Å². The van der Waals surface area contributed by atoms with E-state index in [4.69, 9.17) is 6.42 Å². The molecule has 0 atom stereocenters. The summed E-state index contributed by atoms with van der Waals surface area (Å²) in [5, 5.41) is 6.33. The normalized spacial score (nSPS) is 16.2. The maximum Gasteiger partial charge on any atom is 0.192 e. The average molecular weight is 326 g/mol. The fraction of sp³-hybridized carbons (Fsp3) is 0.550.